The lowest BCUT2D eigenvalue weighted by atomic mass is 9.53. The summed E-state index contributed by atoms with van der Waals surface area (Å²) in [4.78, 5) is 26.6. The number of hydrogen-bond acceptors (Lipinski definition) is 5. The minimum Gasteiger partial charge on any atom is -0.455 e. The molecule has 5 rings (SSSR count). The van der Waals surface area contributed by atoms with Gasteiger partial charge >= 0.3 is 5.97 Å². The molecule has 5 aliphatic rings. The van der Waals surface area contributed by atoms with Crippen LogP contribution in [0, 0.1) is 23.7 Å². The molecule has 1 amide bonds. The molecule has 1 aliphatic heterocycles. The van der Waals surface area contributed by atoms with Gasteiger partial charge < -0.3 is 15.0 Å². The molecule has 0 aromatic heterocycles. The van der Waals surface area contributed by atoms with E-state index in [0.29, 0.717) is 0 Å². The van der Waals surface area contributed by atoms with E-state index in [0.717, 1.165) is 73.2 Å². The molecular weight excluding hydrogens is 392 g/mol. The number of ether oxygens (including phenoxy) is 1. The van der Waals surface area contributed by atoms with Crippen molar-refractivity contribution in [3.63, 3.8) is 0 Å². The summed E-state index contributed by atoms with van der Waals surface area (Å²) in [7, 11) is 0. The Bertz CT molecular complexity index is 596. The summed E-state index contributed by atoms with van der Waals surface area (Å²) in [5.74, 6) is 2.76. The van der Waals surface area contributed by atoms with Gasteiger partial charge in [0.25, 0.3) is 5.91 Å². The topological polar surface area (TPSA) is 58.6 Å². The third-order valence-corrected chi connectivity index (χ3v) is 8.66. The van der Waals surface area contributed by atoms with E-state index in [9.17, 15) is 9.59 Å². The van der Waals surface area contributed by atoms with Crippen LogP contribution >= 0.6 is 24.0 Å². The van der Waals surface area contributed by atoms with Crippen LogP contribution in [0.15, 0.2) is 0 Å². The summed E-state index contributed by atoms with van der Waals surface area (Å²) in [6.45, 7) is 4.03. The lowest BCUT2D eigenvalue weighted by Gasteiger charge is -2.56. The first-order valence-corrected chi connectivity index (χ1v) is 12.2. The Morgan fingerprint density at radius 1 is 1.11 bits per heavy atom. The summed E-state index contributed by atoms with van der Waals surface area (Å²) in [6.07, 6.45) is 9.66. The van der Waals surface area contributed by atoms with Gasteiger partial charge in [-0.1, -0.05) is 30.9 Å². The number of nitrogens with one attached hydrogen (secondary N) is 1. The SMILES string of the molecule is CC1CCN(C(=S)SCC(=O)OCC(=O)NC23CC4CC(CC(C4)C2)C3)CC1. The molecular formula is C21H32N2O3S2. The molecule has 4 saturated carbocycles. The van der Waals surface area contributed by atoms with Crippen molar-refractivity contribution < 1.29 is 14.3 Å². The van der Waals surface area contributed by atoms with Gasteiger partial charge in [-0.25, -0.2) is 0 Å². The first-order valence-electron chi connectivity index (χ1n) is 10.8. The lowest BCUT2D eigenvalue weighted by molar-refractivity contribution is -0.147. The van der Waals surface area contributed by atoms with Crippen molar-refractivity contribution in [3.8, 4) is 0 Å². The van der Waals surface area contributed by atoms with E-state index in [-0.39, 0.29) is 29.8 Å². The number of likely N-dealkylation sites (tertiary alicyclic amines) is 1. The fourth-order valence-corrected chi connectivity index (χ4v) is 7.24. The third kappa shape index (κ3) is 4.84. The molecule has 0 spiro atoms. The molecule has 0 radical (unpaired) electrons. The Labute approximate surface area is 177 Å². The number of nitrogens with zero attached hydrogens (tertiary/aromatic N) is 1. The molecule has 5 fully saturated rings. The Balaban J connectivity index is 1.16. The predicted molar refractivity (Wildman–Crippen MR) is 115 cm³/mol. The number of carbonyl (C=O) groups excluding carboxylic acids is 2. The molecule has 5 nitrogen and oxygen atoms in total. The number of hydrogen-bond donors (Lipinski definition) is 1. The Morgan fingerprint density at radius 3 is 2.25 bits per heavy atom. The van der Waals surface area contributed by atoms with Crippen molar-refractivity contribution in [3.05, 3.63) is 0 Å². The highest BCUT2D eigenvalue weighted by Gasteiger charge is 2.51. The zero-order chi connectivity index (χ0) is 19.7. The van der Waals surface area contributed by atoms with Crippen molar-refractivity contribution in [1.82, 2.24) is 10.2 Å². The Morgan fingerprint density at radius 2 is 1.68 bits per heavy atom. The average Bonchev–Trinajstić information content (AvgIpc) is 2.63. The maximum absolute atomic E-state index is 12.4. The smallest absolute Gasteiger partial charge is 0.316 e. The van der Waals surface area contributed by atoms with Crippen LogP contribution in [0.1, 0.15) is 58.3 Å². The van der Waals surface area contributed by atoms with Crippen LogP contribution in [0.4, 0.5) is 0 Å². The van der Waals surface area contributed by atoms with Crippen molar-refractivity contribution >= 4 is 40.2 Å². The lowest BCUT2D eigenvalue weighted by Crippen LogP contribution is -2.60. The van der Waals surface area contributed by atoms with Gasteiger partial charge in [0.05, 0.1) is 5.75 Å². The summed E-state index contributed by atoms with van der Waals surface area (Å²) in [5.41, 5.74) is -0.0278. The number of thioether (sulfide) groups is 1. The first kappa shape index (κ1) is 20.5. The quantitative estimate of drug-likeness (QED) is 0.539. The number of thiocarbonyl (C=S) groups is 1. The monoisotopic (exact) mass is 424 g/mol. The predicted octanol–water partition coefficient (Wildman–Crippen LogP) is 3.36. The fraction of sp³-hybridized carbons (Fsp3) is 0.857. The zero-order valence-electron chi connectivity index (χ0n) is 16.8. The van der Waals surface area contributed by atoms with Gasteiger partial charge in [0, 0.05) is 18.6 Å². The van der Waals surface area contributed by atoms with E-state index in [1.54, 1.807) is 0 Å². The van der Waals surface area contributed by atoms with Crippen LogP contribution in [0.3, 0.4) is 0 Å². The van der Waals surface area contributed by atoms with Gasteiger partial charge in [0.15, 0.2) is 6.61 Å². The van der Waals surface area contributed by atoms with E-state index in [2.05, 4.69) is 17.1 Å². The highest BCUT2D eigenvalue weighted by molar-refractivity contribution is 8.23. The minimum absolute atomic E-state index is 0.0278. The molecule has 1 heterocycles. The molecule has 4 bridgehead atoms. The summed E-state index contributed by atoms with van der Waals surface area (Å²) < 4.78 is 5.99. The molecule has 156 valence electrons. The molecule has 1 saturated heterocycles. The van der Waals surface area contributed by atoms with Crippen molar-refractivity contribution in [1.29, 1.82) is 0 Å². The number of amides is 1. The van der Waals surface area contributed by atoms with Crippen LogP contribution in [0.25, 0.3) is 0 Å². The number of carbonyl (C=O) groups is 2. The molecule has 1 N–H and O–H groups in total. The second kappa shape index (κ2) is 8.50. The number of rotatable bonds is 5. The van der Waals surface area contributed by atoms with E-state index in [1.165, 1.54) is 31.0 Å². The number of esters is 1. The summed E-state index contributed by atoms with van der Waals surface area (Å²) >= 11 is 6.79. The van der Waals surface area contributed by atoms with Gasteiger partial charge in [0.2, 0.25) is 0 Å². The molecule has 28 heavy (non-hydrogen) atoms. The molecule has 0 aromatic rings. The molecule has 0 atom stereocenters. The van der Waals surface area contributed by atoms with Crippen molar-refractivity contribution in [2.45, 2.75) is 63.8 Å². The average molecular weight is 425 g/mol. The normalized spacial score (nSPS) is 34.3. The van der Waals surface area contributed by atoms with E-state index < -0.39 is 0 Å². The Kier molecular flexibility index (Phi) is 6.21. The molecule has 4 aliphatic carbocycles. The maximum Gasteiger partial charge on any atom is 0.316 e. The molecule has 7 heteroatoms. The van der Waals surface area contributed by atoms with E-state index >= 15 is 0 Å². The largest absolute Gasteiger partial charge is 0.455 e. The van der Waals surface area contributed by atoms with E-state index in [4.69, 9.17) is 17.0 Å². The first-order chi connectivity index (χ1) is 13.4. The van der Waals surface area contributed by atoms with E-state index in [1.807, 2.05) is 0 Å². The number of piperidine rings is 1. The minimum atomic E-state index is -0.363. The maximum atomic E-state index is 12.4. The van der Waals surface area contributed by atoms with Gasteiger partial charge in [-0.05, 0) is 75.0 Å². The van der Waals surface area contributed by atoms with Crippen LogP contribution < -0.4 is 5.32 Å². The second-order valence-electron chi connectivity index (χ2n) is 9.63. The zero-order valence-corrected chi connectivity index (χ0v) is 18.4. The van der Waals surface area contributed by atoms with Crippen molar-refractivity contribution in [2.75, 3.05) is 25.4 Å². The fourth-order valence-electron chi connectivity index (χ4n) is 6.19. The Hall–Kier alpha value is -0.820. The second-order valence-corrected chi connectivity index (χ2v) is 11.2. The van der Waals surface area contributed by atoms with Gasteiger partial charge in [0.1, 0.15) is 4.32 Å². The standard InChI is InChI=1S/C21H32N2O3S2/c1-14-2-4-23(5-3-14)20(27)28-13-19(25)26-12-18(24)22-21-9-15-6-16(10-21)8-17(7-15)11-21/h14-17H,2-13H2,1H3,(H,22,24). The summed E-state index contributed by atoms with van der Waals surface area (Å²) in [6, 6.07) is 0. The van der Waals surface area contributed by atoms with Crippen LogP contribution in [-0.4, -0.2) is 52.1 Å². The van der Waals surface area contributed by atoms with Crippen LogP contribution in [-0.2, 0) is 14.3 Å². The molecule has 0 unspecified atom stereocenters. The van der Waals surface area contributed by atoms with Gasteiger partial charge in [-0.2, -0.15) is 0 Å². The van der Waals surface area contributed by atoms with Crippen molar-refractivity contribution in [2.24, 2.45) is 23.7 Å². The highest BCUT2D eigenvalue weighted by atomic mass is 32.2. The third-order valence-electron chi connectivity index (χ3n) is 7.16. The molecule has 0 aromatic carbocycles. The highest BCUT2D eigenvalue weighted by Crippen LogP contribution is 2.55. The van der Waals surface area contributed by atoms with Gasteiger partial charge in [-0.3, -0.25) is 9.59 Å². The van der Waals surface area contributed by atoms with Gasteiger partial charge in [-0.15, -0.1) is 0 Å². The van der Waals surface area contributed by atoms with Crippen LogP contribution in [0.5, 0.6) is 0 Å². The van der Waals surface area contributed by atoms with Crippen LogP contribution in [0.2, 0.25) is 0 Å². The summed E-state index contributed by atoms with van der Waals surface area (Å²) in [5, 5.41) is 3.24.